The first kappa shape index (κ1) is 22.5. The van der Waals surface area contributed by atoms with E-state index in [2.05, 4.69) is 15.8 Å². The molecule has 5 rings (SSSR count). The van der Waals surface area contributed by atoms with Crippen LogP contribution in [-0.2, 0) is 27.9 Å². The number of benzene rings is 2. The summed E-state index contributed by atoms with van der Waals surface area (Å²) in [5.41, 5.74) is 1.77. The van der Waals surface area contributed by atoms with Crippen molar-refractivity contribution in [2.75, 3.05) is 5.32 Å². The van der Waals surface area contributed by atoms with E-state index in [0.29, 0.717) is 39.5 Å². The molecular formula is C24H23ClN4O4S. The van der Waals surface area contributed by atoms with Gasteiger partial charge in [0, 0.05) is 16.9 Å². The summed E-state index contributed by atoms with van der Waals surface area (Å²) in [6, 6.07) is 15.1. The summed E-state index contributed by atoms with van der Waals surface area (Å²) in [6.45, 7) is 2.34. The van der Waals surface area contributed by atoms with Gasteiger partial charge in [0.05, 0.1) is 39.9 Å². The average molecular weight is 499 g/mol. The number of anilines is 1. The molecule has 2 heterocycles. The Morgan fingerprint density at radius 2 is 1.91 bits per heavy atom. The van der Waals surface area contributed by atoms with Gasteiger partial charge in [0.1, 0.15) is 12.0 Å². The number of carbonyl (C=O) groups excluding carboxylic acids is 1. The topological polar surface area (TPSA) is 106 Å². The van der Waals surface area contributed by atoms with Crippen molar-refractivity contribution >= 4 is 44.1 Å². The van der Waals surface area contributed by atoms with Crippen LogP contribution in [0.4, 0.5) is 5.69 Å². The number of aromatic nitrogens is 2. The fourth-order valence-electron chi connectivity index (χ4n) is 3.81. The molecule has 1 saturated carbocycles. The van der Waals surface area contributed by atoms with Gasteiger partial charge in [-0.15, -0.1) is 0 Å². The molecule has 0 aliphatic heterocycles. The van der Waals surface area contributed by atoms with Crippen LogP contribution in [0.1, 0.15) is 31.2 Å². The van der Waals surface area contributed by atoms with E-state index in [1.165, 1.54) is 10.2 Å². The summed E-state index contributed by atoms with van der Waals surface area (Å²) in [4.78, 5) is 12.7. The molecule has 0 bridgehead atoms. The van der Waals surface area contributed by atoms with Gasteiger partial charge < -0.3 is 15.2 Å². The molecular weight excluding hydrogens is 476 g/mol. The third-order valence-corrected chi connectivity index (χ3v) is 8.22. The minimum Gasteiger partial charge on any atom is -0.378 e. The zero-order chi connectivity index (χ0) is 23.9. The Morgan fingerprint density at radius 3 is 2.59 bits per heavy atom. The van der Waals surface area contributed by atoms with E-state index in [1.54, 1.807) is 54.6 Å². The summed E-state index contributed by atoms with van der Waals surface area (Å²) >= 11 is 6.50. The van der Waals surface area contributed by atoms with Gasteiger partial charge in [-0.25, -0.2) is 12.4 Å². The van der Waals surface area contributed by atoms with E-state index >= 15 is 0 Å². The van der Waals surface area contributed by atoms with Crippen LogP contribution < -0.4 is 10.6 Å². The van der Waals surface area contributed by atoms with Crippen molar-refractivity contribution in [3.63, 3.8) is 0 Å². The third-order valence-electron chi connectivity index (χ3n) is 6.13. The van der Waals surface area contributed by atoms with Crippen molar-refractivity contribution in [3.8, 4) is 0 Å². The molecule has 2 N–H and O–H groups in total. The zero-order valence-electron chi connectivity index (χ0n) is 18.4. The standard InChI is InChI=1S/C24H23ClN4O4S/c1-24(8-9-24)23(30)27-15-18-11-16-12-20(25)21(26-14-17-7-10-33-28-17)13-22(16)29(18)34(31,32)19-5-3-2-4-6-19/h2-7,10-13,26H,8-9,14-15H2,1H3,(H,27,30). The highest BCUT2D eigenvalue weighted by molar-refractivity contribution is 7.90. The van der Waals surface area contributed by atoms with Crippen LogP contribution in [-0.4, -0.2) is 23.5 Å². The van der Waals surface area contributed by atoms with Gasteiger partial charge in [-0.3, -0.25) is 4.79 Å². The number of fused-ring (bicyclic) bond motifs is 1. The predicted octanol–water partition coefficient (Wildman–Crippen LogP) is 4.55. The second-order valence-corrected chi connectivity index (χ2v) is 10.9. The molecule has 10 heteroatoms. The molecule has 1 aliphatic carbocycles. The Hall–Kier alpha value is -3.30. The second-order valence-electron chi connectivity index (χ2n) is 8.70. The van der Waals surface area contributed by atoms with E-state index in [0.717, 1.165) is 12.8 Å². The molecule has 0 saturated heterocycles. The number of rotatable bonds is 8. The molecule has 4 aromatic rings. The Labute approximate surface area is 201 Å². The molecule has 0 spiro atoms. The number of nitrogens with one attached hydrogen (secondary N) is 2. The predicted molar refractivity (Wildman–Crippen MR) is 129 cm³/mol. The van der Waals surface area contributed by atoms with Crippen molar-refractivity contribution in [3.05, 3.63) is 77.3 Å². The largest absolute Gasteiger partial charge is 0.378 e. The fourth-order valence-corrected chi connectivity index (χ4v) is 5.61. The third kappa shape index (κ3) is 4.17. The van der Waals surface area contributed by atoms with E-state index in [1.807, 2.05) is 6.92 Å². The quantitative estimate of drug-likeness (QED) is 0.369. The number of amides is 1. The van der Waals surface area contributed by atoms with Gasteiger partial charge in [0.15, 0.2) is 0 Å². The van der Waals surface area contributed by atoms with Gasteiger partial charge in [0.2, 0.25) is 5.91 Å². The molecule has 0 radical (unpaired) electrons. The van der Waals surface area contributed by atoms with Gasteiger partial charge >= 0.3 is 0 Å². The maximum atomic E-state index is 13.7. The molecule has 2 aromatic carbocycles. The SMILES string of the molecule is CC1(C(=O)NCc2cc3cc(Cl)c(NCc4ccon4)cc3n2S(=O)(=O)c2ccccc2)CC1. The first-order valence-electron chi connectivity index (χ1n) is 10.8. The molecule has 2 aromatic heterocycles. The lowest BCUT2D eigenvalue weighted by Gasteiger charge is -2.15. The number of halogens is 1. The number of hydrogen-bond acceptors (Lipinski definition) is 6. The van der Waals surface area contributed by atoms with Crippen LogP contribution in [0.5, 0.6) is 0 Å². The minimum atomic E-state index is -3.94. The Bertz CT molecular complexity index is 1460. The molecule has 0 unspecified atom stereocenters. The normalized spacial score (nSPS) is 14.8. The molecule has 34 heavy (non-hydrogen) atoms. The molecule has 1 fully saturated rings. The average Bonchev–Trinajstić information content (AvgIpc) is 3.22. The van der Waals surface area contributed by atoms with E-state index in [-0.39, 0.29) is 22.8 Å². The van der Waals surface area contributed by atoms with Gasteiger partial charge in [0.25, 0.3) is 10.0 Å². The van der Waals surface area contributed by atoms with Gasteiger partial charge in [-0.2, -0.15) is 0 Å². The molecule has 1 amide bonds. The fraction of sp³-hybridized carbons (Fsp3) is 0.250. The van der Waals surface area contributed by atoms with Crippen molar-refractivity contribution in [2.24, 2.45) is 5.41 Å². The Kier molecular flexibility index (Phi) is 5.61. The highest BCUT2D eigenvalue weighted by Crippen LogP contribution is 2.45. The minimum absolute atomic E-state index is 0.0746. The number of hydrogen-bond donors (Lipinski definition) is 2. The van der Waals surface area contributed by atoms with Crippen molar-refractivity contribution in [1.29, 1.82) is 0 Å². The van der Waals surface area contributed by atoms with Gasteiger partial charge in [-0.1, -0.05) is 41.9 Å². The maximum absolute atomic E-state index is 13.7. The Morgan fingerprint density at radius 1 is 1.15 bits per heavy atom. The molecule has 1 aliphatic rings. The molecule has 176 valence electrons. The first-order valence-corrected chi connectivity index (χ1v) is 12.7. The van der Waals surface area contributed by atoms with Crippen LogP contribution >= 0.6 is 11.6 Å². The van der Waals surface area contributed by atoms with E-state index < -0.39 is 10.0 Å². The van der Waals surface area contributed by atoms with Gasteiger partial charge in [-0.05, 0) is 43.2 Å². The van der Waals surface area contributed by atoms with Crippen LogP contribution in [0.2, 0.25) is 5.02 Å². The monoisotopic (exact) mass is 498 g/mol. The summed E-state index contributed by atoms with van der Waals surface area (Å²) in [5, 5.41) is 11.0. The van der Waals surface area contributed by atoms with Crippen LogP contribution in [0.15, 0.2) is 70.3 Å². The summed E-state index contributed by atoms with van der Waals surface area (Å²) in [7, 11) is -3.94. The zero-order valence-corrected chi connectivity index (χ0v) is 20.0. The highest BCUT2D eigenvalue weighted by atomic mass is 35.5. The van der Waals surface area contributed by atoms with Crippen molar-refractivity contribution < 1.29 is 17.7 Å². The highest BCUT2D eigenvalue weighted by Gasteiger charge is 2.44. The second kappa shape index (κ2) is 8.48. The van der Waals surface area contributed by atoms with Crippen molar-refractivity contribution in [1.82, 2.24) is 14.4 Å². The van der Waals surface area contributed by atoms with Crippen LogP contribution in [0.25, 0.3) is 10.9 Å². The molecule has 0 atom stereocenters. The smallest absolute Gasteiger partial charge is 0.268 e. The number of carbonyl (C=O) groups is 1. The Balaban J connectivity index is 1.58. The summed E-state index contributed by atoms with van der Waals surface area (Å²) in [5.74, 6) is -0.0746. The number of nitrogens with zero attached hydrogens (tertiary/aromatic N) is 2. The van der Waals surface area contributed by atoms with Crippen LogP contribution in [0, 0.1) is 5.41 Å². The van der Waals surface area contributed by atoms with E-state index in [4.69, 9.17) is 16.1 Å². The first-order chi connectivity index (χ1) is 16.3. The lowest BCUT2D eigenvalue weighted by atomic mass is 10.1. The van der Waals surface area contributed by atoms with Crippen LogP contribution in [0.3, 0.4) is 0 Å². The lowest BCUT2D eigenvalue weighted by molar-refractivity contribution is -0.125. The lowest BCUT2D eigenvalue weighted by Crippen LogP contribution is -2.31. The van der Waals surface area contributed by atoms with E-state index in [9.17, 15) is 13.2 Å². The maximum Gasteiger partial charge on any atom is 0.268 e. The molecule has 8 nitrogen and oxygen atoms in total. The van der Waals surface area contributed by atoms with Crippen molar-refractivity contribution in [2.45, 2.75) is 37.8 Å². The summed E-state index contributed by atoms with van der Waals surface area (Å²) in [6.07, 6.45) is 3.14. The summed E-state index contributed by atoms with van der Waals surface area (Å²) < 4.78 is 33.5.